The third-order valence-electron chi connectivity index (χ3n) is 2.79. The fourth-order valence-corrected chi connectivity index (χ4v) is 1.91. The summed E-state index contributed by atoms with van der Waals surface area (Å²) in [5.74, 6) is 0. The predicted octanol–water partition coefficient (Wildman–Crippen LogP) is 2.18. The summed E-state index contributed by atoms with van der Waals surface area (Å²) in [6.07, 6.45) is 7.19. The Kier molecular flexibility index (Phi) is 2.72. The fraction of sp³-hybridized carbons (Fsp3) is 1.00. The molecule has 0 bridgehead atoms. The van der Waals surface area contributed by atoms with Gasteiger partial charge in [-0.05, 0) is 38.3 Å². The summed E-state index contributed by atoms with van der Waals surface area (Å²) in [4.78, 5) is 0. The highest BCUT2D eigenvalue weighted by molar-refractivity contribution is 4.80. The zero-order chi connectivity index (χ0) is 7.45. The van der Waals surface area contributed by atoms with Crippen molar-refractivity contribution < 1.29 is 0 Å². The summed E-state index contributed by atoms with van der Waals surface area (Å²) in [5.41, 5.74) is 0.684. The molecule has 1 aliphatic rings. The van der Waals surface area contributed by atoms with Crippen molar-refractivity contribution in [2.75, 3.05) is 13.6 Å². The number of hydrogen-bond donors (Lipinski definition) is 1. The van der Waals surface area contributed by atoms with Crippen LogP contribution in [0.2, 0.25) is 0 Å². The molecule has 60 valence electrons. The Balaban J connectivity index is 2.22. The molecular formula is C9H19N. The molecule has 1 nitrogen and oxygen atoms in total. The van der Waals surface area contributed by atoms with E-state index in [1.54, 1.807) is 0 Å². The van der Waals surface area contributed by atoms with Crippen LogP contribution in [0.1, 0.15) is 39.0 Å². The van der Waals surface area contributed by atoms with Gasteiger partial charge in [-0.15, -0.1) is 0 Å². The van der Waals surface area contributed by atoms with Gasteiger partial charge in [-0.3, -0.25) is 0 Å². The zero-order valence-electron chi connectivity index (χ0n) is 7.24. The topological polar surface area (TPSA) is 12.0 Å². The summed E-state index contributed by atoms with van der Waals surface area (Å²) >= 11 is 0. The molecule has 0 spiro atoms. The third-order valence-corrected chi connectivity index (χ3v) is 2.79. The quantitative estimate of drug-likeness (QED) is 0.635. The van der Waals surface area contributed by atoms with E-state index in [4.69, 9.17) is 0 Å². The van der Waals surface area contributed by atoms with Gasteiger partial charge < -0.3 is 5.32 Å². The van der Waals surface area contributed by atoms with E-state index in [0.717, 1.165) is 0 Å². The van der Waals surface area contributed by atoms with Crippen LogP contribution in [0.4, 0.5) is 0 Å². The SMILES string of the molecule is CNCCC1(C)CCCC1. The van der Waals surface area contributed by atoms with Crippen LogP contribution in [0.5, 0.6) is 0 Å². The highest BCUT2D eigenvalue weighted by Crippen LogP contribution is 2.39. The van der Waals surface area contributed by atoms with E-state index in [2.05, 4.69) is 12.2 Å². The first-order valence-electron chi connectivity index (χ1n) is 4.41. The largest absolute Gasteiger partial charge is 0.320 e. The minimum absolute atomic E-state index is 0.684. The van der Waals surface area contributed by atoms with Gasteiger partial charge in [0.15, 0.2) is 0 Å². The molecular weight excluding hydrogens is 122 g/mol. The maximum atomic E-state index is 3.22. The van der Waals surface area contributed by atoms with Gasteiger partial charge in [0.05, 0.1) is 0 Å². The van der Waals surface area contributed by atoms with E-state index in [0.29, 0.717) is 5.41 Å². The van der Waals surface area contributed by atoms with Gasteiger partial charge in [0.25, 0.3) is 0 Å². The predicted molar refractivity (Wildman–Crippen MR) is 45.1 cm³/mol. The van der Waals surface area contributed by atoms with Crippen LogP contribution in [-0.2, 0) is 0 Å². The van der Waals surface area contributed by atoms with Crippen molar-refractivity contribution in [2.45, 2.75) is 39.0 Å². The number of hydrogen-bond acceptors (Lipinski definition) is 1. The number of rotatable bonds is 3. The average Bonchev–Trinajstić information content (AvgIpc) is 2.33. The molecule has 0 heterocycles. The van der Waals surface area contributed by atoms with E-state index in [1.165, 1.54) is 38.6 Å². The van der Waals surface area contributed by atoms with Crippen LogP contribution in [-0.4, -0.2) is 13.6 Å². The molecule has 0 aliphatic heterocycles. The normalized spacial score (nSPS) is 23.4. The lowest BCUT2D eigenvalue weighted by molar-refractivity contribution is 0.306. The fourth-order valence-electron chi connectivity index (χ4n) is 1.91. The van der Waals surface area contributed by atoms with Crippen LogP contribution >= 0.6 is 0 Å². The molecule has 1 saturated carbocycles. The van der Waals surface area contributed by atoms with Crippen LogP contribution in [0.25, 0.3) is 0 Å². The first kappa shape index (κ1) is 8.06. The highest BCUT2D eigenvalue weighted by Gasteiger charge is 2.27. The van der Waals surface area contributed by atoms with Crippen molar-refractivity contribution >= 4 is 0 Å². The Hall–Kier alpha value is -0.0400. The lowest BCUT2D eigenvalue weighted by atomic mass is 9.85. The van der Waals surface area contributed by atoms with Crippen molar-refractivity contribution in [2.24, 2.45) is 5.41 Å². The van der Waals surface area contributed by atoms with E-state index in [9.17, 15) is 0 Å². The maximum absolute atomic E-state index is 3.22. The second kappa shape index (κ2) is 3.38. The molecule has 0 unspecified atom stereocenters. The summed E-state index contributed by atoms with van der Waals surface area (Å²) in [6, 6.07) is 0. The zero-order valence-corrected chi connectivity index (χ0v) is 7.24. The van der Waals surface area contributed by atoms with Crippen molar-refractivity contribution in [1.29, 1.82) is 0 Å². The van der Waals surface area contributed by atoms with Gasteiger partial charge in [0, 0.05) is 0 Å². The van der Waals surface area contributed by atoms with Crippen LogP contribution in [0.15, 0.2) is 0 Å². The maximum Gasteiger partial charge on any atom is -0.00467 e. The molecule has 0 saturated heterocycles. The second-order valence-electron chi connectivity index (χ2n) is 3.87. The van der Waals surface area contributed by atoms with Crippen LogP contribution in [0.3, 0.4) is 0 Å². The highest BCUT2D eigenvalue weighted by atomic mass is 14.8. The Labute approximate surface area is 64.2 Å². The van der Waals surface area contributed by atoms with Gasteiger partial charge in [-0.1, -0.05) is 19.8 Å². The van der Waals surface area contributed by atoms with Gasteiger partial charge in [0.1, 0.15) is 0 Å². The molecule has 1 rings (SSSR count). The molecule has 0 radical (unpaired) electrons. The smallest absolute Gasteiger partial charge is 0.00467 e. The van der Waals surface area contributed by atoms with E-state index in [-0.39, 0.29) is 0 Å². The Bertz CT molecular complexity index is 92.9. The molecule has 1 fully saturated rings. The molecule has 0 aromatic carbocycles. The second-order valence-corrected chi connectivity index (χ2v) is 3.87. The van der Waals surface area contributed by atoms with Gasteiger partial charge in [-0.25, -0.2) is 0 Å². The van der Waals surface area contributed by atoms with E-state index < -0.39 is 0 Å². The third kappa shape index (κ3) is 1.98. The standard InChI is InChI=1S/C9H19N/c1-9(7-8-10-2)5-3-4-6-9/h10H,3-8H2,1-2H3. The van der Waals surface area contributed by atoms with Crippen molar-refractivity contribution in [3.8, 4) is 0 Å². The molecule has 0 aromatic heterocycles. The average molecular weight is 141 g/mol. The van der Waals surface area contributed by atoms with Crippen molar-refractivity contribution in [1.82, 2.24) is 5.32 Å². The molecule has 0 aromatic rings. The molecule has 1 heteroatoms. The molecule has 10 heavy (non-hydrogen) atoms. The Morgan fingerprint density at radius 2 is 1.90 bits per heavy atom. The minimum atomic E-state index is 0.684. The summed E-state index contributed by atoms with van der Waals surface area (Å²) in [6.45, 7) is 3.62. The van der Waals surface area contributed by atoms with Crippen LogP contribution in [0, 0.1) is 5.41 Å². The monoisotopic (exact) mass is 141 g/mol. The summed E-state index contributed by atoms with van der Waals surface area (Å²) in [7, 11) is 2.04. The first-order chi connectivity index (χ1) is 4.77. The molecule has 0 atom stereocenters. The number of nitrogens with one attached hydrogen (secondary N) is 1. The van der Waals surface area contributed by atoms with Crippen molar-refractivity contribution in [3.63, 3.8) is 0 Å². The first-order valence-corrected chi connectivity index (χ1v) is 4.41. The lowest BCUT2D eigenvalue weighted by Gasteiger charge is -2.22. The summed E-state index contributed by atoms with van der Waals surface area (Å²) in [5, 5.41) is 3.22. The Morgan fingerprint density at radius 1 is 1.30 bits per heavy atom. The van der Waals surface area contributed by atoms with Gasteiger partial charge in [0.2, 0.25) is 0 Å². The minimum Gasteiger partial charge on any atom is -0.320 e. The summed E-state index contributed by atoms with van der Waals surface area (Å²) < 4.78 is 0. The molecule has 1 aliphatic carbocycles. The Morgan fingerprint density at radius 3 is 2.40 bits per heavy atom. The van der Waals surface area contributed by atoms with E-state index in [1.807, 2.05) is 7.05 Å². The van der Waals surface area contributed by atoms with E-state index >= 15 is 0 Å². The van der Waals surface area contributed by atoms with Gasteiger partial charge >= 0.3 is 0 Å². The lowest BCUT2D eigenvalue weighted by Crippen LogP contribution is -2.19. The molecule has 1 N–H and O–H groups in total. The van der Waals surface area contributed by atoms with Crippen molar-refractivity contribution in [3.05, 3.63) is 0 Å². The van der Waals surface area contributed by atoms with Gasteiger partial charge in [-0.2, -0.15) is 0 Å². The van der Waals surface area contributed by atoms with Crippen LogP contribution < -0.4 is 5.32 Å². The molecule has 0 amide bonds.